The van der Waals surface area contributed by atoms with Crippen LogP contribution in [-0.4, -0.2) is 53.4 Å². The number of anilines is 1. The molecular weight excluding hydrogens is 330 g/mol. The number of nitrogens with zero attached hydrogens (tertiary/aromatic N) is 3. The van der Waals surface area contributed by atoms with Gasteiger partial charge in [-0.25, -0.2) is 4.98 Å². The standard InChI is InChI=1S/C11H14BrN5O3/c12-8-5-9(17(19)20)11(14-6-8)15-7-10(18)16-3-1-13-2-4-16/h5-6,13H,1-4,7H2,(H,14,15). The van der Waals surface area contributed by atoms with Crippen molar-refractivity contribution in [2.75, 3.05) is 38.0 Å². The fourth-order valence-corrected chi connectivity index (χ4v) is 2.21. The number of carbonyl (C=O) groups is 1. The lowest BCUT2D eigenvalue weighted by atomic mass is 10.3. The van der Waals surface area contributed by atoms with Crippen molar-refractivity contribution in [3.05, 3.63) is 26.9 Å². The number of piperazine rings is 1. The summed E-state index contributed by atoms with van der Waals surface area (Å²) < 4.78 is 0.517. The van der Waals surface area contributed by atoms with Crippen molar-refractivity contribution in [3.8, 4) is 0 Å². The first kappa shape index (κ1) is 14.7. The molecule has 1 aromatic rings. The Kier molecular flexibility index (Phi) is 4.85. The fraction of sp³-hybridized carbons (Fsp3) is 0.455. The highest BCUT2D eigenvalue weighted by Crippen LogP contribution is 2.24. The van der Waals surface area contributed by atoms with Crippen LogP contribution >= 0.6 is 15.9 Å². The maximum Gasteiger partial charge on any atom is 0.312 e. The molecule has 8 nitrogen and oxygen atoms in total. The van der Waals surface area contributed by atoms with Gasteiger partial charge < -0.3 is 15.5 Å². The van der Waals surface area contributed by atoms with Crippen molar-refractivity contribution >= 4 is 33.3 Å². The Morgan fingerprint density at radius 1 is 1.55 bits per heavy atom. The van der Waals surface area contributed by atoms with Gasteiger partial charge in [-0.1, -0.05) is 0 Å². The van der Waals surface area contributed by atoms with Crippen LogP contribution in [0.2, 0.25) is 0 Å². The summed E-state index contributed by atoms with van der Waals surface area (Å²) in [5.41, 5.74) is -0.160. The van der Waals surface area contributed by atoms with Crippen LogP contribution in [0.1, 0.15) is 0 Å². The lowest BCUT2D eigenvalue weighted by Gasteiger charge is -2.27. The van der Waals surface area contributed by atoms with Gasteiger partial charge in [0.25, 0.3) is 0 Å². The molecule has 0 spiro atoms. The van der Waals surface area contributed by atoms with Gasteiger partial charge in [0.2, 0.25) is 11.7 Å². The van der Waals surface area contributed by atoms with Crippen molar-refractivity contribution in [1.82, 2.24) is 15.2 Å². The van der Waals surface area contributed by atoms with Crippen molar-refractivity contribution in [1.29, 1.82) is 0 Å². The topological polar surface area (TPSA) is 100 Å². The van der Waals surface area contributed by atoms with E-state index in [9.17, 15) is 14.9 Å². The van der Waals surface area contributed by atoms with E-state index in [2.05, 4.69) is 31.5 Å². The molecule has 1 aliphatic heterocycles. The molecule has 0 bridgehead atoms. The first-order valence-electron chi connectivity index (χ1n) is 6.10. The molecule has 2 heterocycles. The number of hydrogen-bond donors (Lipinski definition) is 2. The average molecular weight is 344 g/mol. The van der Waals surface area contributed by atoms with Crippen LogP contribution in [0.15, 0.2) is 16.7 Å². The van der Waals surface area contributed by atoms with Gasteiger partial charge in [-0.05, 0) is 15.9 Å². The van der Waals surface area contributed by atoms with Gasteiger partial charge in [0.05, 0.1) is 11.5 Å². The zero-order valence-corrected chi connectivity index (χ0v) is 12.2. The molecule has 2 rings (SSSR count). The summed E-state index contributed by atoms with van der Waals surface area (Å²) >= 11 is 3.13. The molecular formula is C11H14BrN5O3. The summed E-state index contributed by atoms with van der Waals surface area (Å²) in [7, 11) is 0. The van der Waals surface area contributed by atoms with E-state index >= 15 is 0 Å². The van der Waals surface area contributed by atoms with E-state index in [0.29, 0.717) is 17.6 Å². The molecule has 1 amide bonds. The largest absolute Gasteiger partial charge is 0.355 e. The smallest absolute Gasteiger partial charge is 0.312 e. The summed E-state index contributed by atoms with van der Waals surface area (Å²) in [4.78, 5) is 28.0. The van der Waals surface area contributed by atoms with Crippen LogP contribution in [0.3, 0.4) is 0 Å². The Morgan fingerprint density at radius 3 is 2.90 bits per heavy atom. The minimum atomic E-state index is -0.532. The van der Waals surface area contributed by atoms with Crippen LogP contribution in [0, 0.1) is 10.1 Å². The van der Waals surface area contributed by atoms with Gasteiger partial charge in [0, 0.05) is 42.9 Å². The number of nitrogens with one attached hydrogen (secondary N) is 2. The highest BCUT2D eigenvalue weighted by atomic mass is 79.9. The van der Waals surface area contributed by atoms with E-state index in [1.54, 1.807) is 4.90 Å². The highest BCUT2D eigenvalue weighted by molar-refractivity contribution is 9.10. The Balaban J connectivity index is 1.99. The third-order valence-corrected chi connectivity index (χ3v) is 3.34. The SMILES string of the molecule is O=C(CNc1ncc(Br)cc1[N+](=O)[O-])N1CCNCC1. The number of pyridine rings is 1. The van der Waals surface area contributed by atoms with Gasteiger partial charge in [0.15, 0.2) is 0 Å². The summed E-state index contributed by atoms with van der Waals surface area (Å²) in [6, 6.07) is 1.35. The van der Waals surface area contributed by atoms with Crippen molar-refractivity contribution < 1.29 is 9.72 Å². The second-order valence-electron chi connectivity index (χ2n) is 4.26. The molecule has 1 aromatic heterocycles. The van der Waals surface area contributed by atoms with Gasteiger partial charge in [-0.3, -0.25) is 14.9 Å². The molecule has 0 atom stereocenters. The second kappa shape index (κ2) is 6.62. The number of halogens is 1. The zero-order valence-electron chi connectivity index (χ0n) is 10.6. The average Bonchev–Trinajstić information content (AvgIpc) is 2.46. The van der Waals surface area contributed by atoms with Crippen LogP contribution < -0.4 is 10.6 Å². The molecule has 0 radical (unpaired) electrons. The van der Waals surface area contributed by atoms with E-state index in [4.69, 9.17) is 0 Å². The van der Waals surface area contributed by atoms with Crippen molar-refractivity contribution in [2.24, 2.45) is 0 Å². The van der Waals surface area contributed by atoms with Gasteiger partial charge in [-0.15, -0.1) is 0 Å². The summed E-state index contributed by atoms with van der Waals surface area (Å²) in [5, 5.41) is 16.8. The number of hydrogen-bond acceptors (Lipinski definition) is 6. The van der Waals surface area contributed by atoms with Gasteiger partial charge in [0.1, 0.15) is 0 Å². The maximum atomic E-state index is 11.9. The summed E-state index contributed by atoms with van der Waals surface area (Å²) in [6.07, 6.45) is 1.45. The lowest BCUT2D eigenvalue weighted by molar-refractivity contribution is -0.384. The number of amides is 1. The molecule has 0 unspecified atom stereocenters. The molecule has 20 heavy (non-hydrogen) atoms. The van der Waals surface area contributed by atoms with Crippen LogP contribution in [-0.2, 0) is 4.79 Å². The van der Waals surface area contributed by atoms with Gasteiger partial charge in [-0.2, -0.15) is 0 Å². The predicted octanol–water partition coefficient (Wildman–Crippen LogP) is 0.596. The second-order valence-corrected chi connectivity index (χ2v) is 5.18. The third kappa shape index (κ3) is 3.64. The quantitative estimate of drug-likeness (QED) is 0.613. The van der Waals surface area contributed by atoms with Crippen LogP contribution in [0.5, 0.6) is 0 Å². The van der Waals surface area contributed by atoms with E-state index in [1.165, 1.54) is 12.3 Å². The van der Waals surface area contributed by atoms with Crippen molar-refractivity contribution in [3.63, 3.8) is 0 Å². The molecule has 0 aromatic carbocycles. The van der Waals surface area contributed by atoms with Crippen LogP contribution in [0.4, 0.5) is 11.5 Å². The Labute approximate surface area is 123 Å². The fourth-order valence-electron chi connectivity index (χ4n) is 1.89. The van der Waals surface area contributed by atoms with Gasteiger partial charge >= 0.3 is 5.69 Å². The molecule has 9 heteroatoms. The van der Waals surface area contributed by atoms with Crippen molar-refractivity contribution in [2.45, 2.75) is 0 Å². The molecule has 1 aliphatic rings. The van der Waals surface area contributed by atoms with Crippen LogP contribution in [0.25, 0.3) is 0 Å². The molecule has 0 aliphatic carbocycles. The van der Waals surface area contributed by atoms with E-state index in [-0.39, 0.29) is 24.0 Å². The number of rotatable bonds is 4. The molecule has 1 fully saturated rings. The maximum absolute atomic E-state index is 11.9. The number of aromatic nitrogens is 1. The number of nitro groups is 1. The third-order valence-electron chi connectivity index (χ3n) is 2.91. The first-order valence-corrected chi connectivity index (χ1v) is 6.89. The minimum Gasteiger partial charge on any atom is -0.355 e. The minimum absolute atomic E-state index is 0.00449. The normalized spacial score (nSPS) is 14.9. The Hall–Kier alpha value is -1.74. The Bertz CT molecular complexity index is 519. The summed E-state index contributed by atoms with van der Waals surface area (Å²) in [5.74, 6) is 0.00667. The Morgan fingerprint density at radius 2 is 2.25 bits per heavy atom. The monoisotopic (exact) mass is 343 g/mol. The van der Waals surface area contributed by atoms with E-state index in [0.717, 1.165) is 13.1 Å². The summed E-state index contributed by atoms with van der Waals surface area (Å²) in [6.45, 7) is 2.83. The molecule has 0 saturated carbocycles. The highest BCUT2D eigenvalue weighted by Gasteiger charge is 2.19. The zero-order chi connectivity index (χ0) is 14.5. The molecule has 1 saturated heterocycles. The predicted molar refractivity (Wildman–Crippen MR) is 76.5 cm³/mol. The molecule has 2 N–H and O–H groups in total. The lowest BCUT2D eigenvalue weighted by Crippen LogP contribution is -2.48. The molecule has 108 valence electrons. The first-order chi connectivity index (χ1) is 9.58. The van der Waals surface area contributed by atoms with E-state index in [1.807, 2.05) is 0 Å². The van der Waals surface area contributed by atoms with E-state index < -0.39 is 4.92 Å². The number of carbonyl (C=O) groups excluding carboxylic acids is 1.